The Morgan fingerprint density at radius 3 is 2.32 bits per heavy atom. The Bertz CT molecular complexity index is 573. The van der Waals surface area contributed by atoms with Crippen LogP contribution in [-0.4, -0.2) is 11.7 Å². The number of nitrogens with two attached hydrogens (primary N) is 1. The lowest BCUT2D eigenvalue weighted by Crippen LogP contribution is -2.12. The van der Waals surface area contributed by atoms with Crippen LogP contribution in [0.2, 0.25) is 0 Å². The van der Waals surface area contributed by atoms with Crippen LogP contribution in [0.4, 0.5) is 0 Å². The minimum Gasteiger partial charge on any atom is -0.488 e. The molecule has 0 saturated heterocycles. The van der Waals surface area contributed by atoms with E-state index < -0.39 is 0 Å². The molecule has 0 unspecified atom stereocenters. The average molecular weight is 299 g/mol. The van der Waals surface area contributed by atoms with Gasteiger partial charge in [0.15, 0.2) is 0 Å². The largest absolute Gasteiger partial charge is 0.488 e. The maximum Gasteiger partial charge on any atom is 0.125 e. The van der Waals surface area contributed by atoms with Gasteiger partial charge >= 0.3 is 0 Å². The molecule has 0 bridgehead atoms. The molecule has 0 radical (unpaired) electrons. The fraction of sp³-hybridized carbons (Fsp3) is 0.368. The molecule has 2 aromatic carbocycles. The lowest BCUT2D eigenvalue weighted by molar-refractivity contribution is 0.280. The van der Waals surface area contributed by atoms with E-state index >= 15 is 0 Å². The van der Waals surface area contributed by atoms with E-state index in [1.807, 2.05) is 18.2 Å². The number of aryl methyl sites for hydroxylation is 2. The van der Waals surface area contributed by atoms with E-state index in [-0.39, 0.29) is 12.6 Å². The van der Waals surface area contributed by atoms with Gasteiger partial charge in [0.05, 0.1) is 0 Å². The van der Waals surface area contributed by atoms with Gasteiger partial charge in [-0.1, -0.05) is 42.5 Å². The van der Waals surface area contributed by atoms with Gasteiger partial charge < -0.3 is 15.6 Å². The third-order valence-corrected chi connectivity index (χ3v) is 3.81. The molecule has 3 heteroatoms. The first-order chi connectivity index (χ1) is 10.6. The number of benzene rings is 2. The molecule has 0 saturated carbocycles. The van der Waals surface area contributed by atoms with Crippen molar-refractivity contribution >= 4 is 0 Å². The molecular weight excluding hydrogens is 274 g/mol. The normalized spacial score (nSPS) is 12.2. The zero-order chi connectivity index (χ0) is 15.9. The lowest BCUT2D eigenvalue weighted by atomic mass is 9.98. The monoisotopic (exact) mass is 299 g/mol. The summed E-state index contributed by atoms with van der Waals surface area (Å²) in [5.74, 6) is 0.932. The van der Waals surface area contributed by atoms with Crippen molar-refractivity contribution < 1.29 is 9.84 Å². The van der Waals surface area contributed by atoms with Crippen LogP contribution in [-0.2, 0) is 6.61 Å². The van der Waals surface area contributed by atoms with Gasteiger partial charge in [-0.15, -0.1) is 0 Å². The van der Waals surface area contributed by atoms with Gasteiger partial charge in [-0.25, -0.2) is 0 Å². The average Bonchev–Trinajstić information content (AvgIpc) is 2.52. The van der Waals surface area contributed by atoms with Crippen LogP contribution < -0.4 is 10.5 Å². The van der Waals surface area contributed by atoms with E-state index in [1.54, 1.807) is 0 Å². The standard InChI is InChI=1S/C19H25NO2/c1-14-11-17(18(20)9-6-10-21)12-15(2)19(14)22-13-16-7-4-3-5-8-16/h3-5,7-8,11-12,18,21H,6,9-10,13,20H2,1-2H3/t18-/m1/s1. The van der Waals surface area contributed by atoms with Gasteiger partial charge in [0.2, 0.25) is 0 Å². The summed E-state index contributed by atoms with van der Waals surface area (Å²) in [4.78, 5) is 0. The molecule has 2 rings (SSSR count). The third-order valence-electron chi connectivity index (χ3n) is 3.81. The highest BCUT2D eigenvalue weighted by molar-refractivity contribution is 5.44. The van der Waals surface area contributed by atoms with Crippen molar-refractivity contribution in [1.29, 1.82) is 0 Å². The van der Waals surface area contributed by atoms with Gasteiger partial charge in [0.25, 0.3) is 0 Å². The van der Waals surface area contributed by atoms with Crippen LogP contribution in [0, 0.1) is 13.8 Å². The van der Waals surface area contributed by atoms with Crippen molar-refractivity contribution in [3.63, 3.8) is 0 Å². The van der Waals surface area contributed by atoms with Crippen LogP contribution in [0.5, 0.6) is 5.75 Å². The Labute approximate surface area is 132 Å². The highest BCUT2D eigenvalue weighted by Crippen LogP contribution is 2.29. The van der Waals surface area contributed by atoms with Crippen LogP contribution >= 0.6 is 0 Å². The molecule has 22 heavy (non-hydrogen) atoms. The van der Waals surface area contributed by atoms with E-state index in [1.165, 1.54) is 0 Å². The molecule has 0 aromatic heterocycles. The molecular formula is C19H25NO2. The Kier molecular flexibility index (Phi) is 5.99. The smallest absolute Gasteiger partial charge is 0.125 e. The first kappa shape index (κ1) is 16.5. The van der Waals surface area contributed by atoms with Crippen LogP contribution in [0.25, 0.3) is 0 Å². The molecule has 0 aliphatic rings. The predicted molar refractivity (Wildman–Crippen MR) is 89.9 cm³/mol. The SMILES string of the molecule is Cc1cc([C@H](N)CCCO)cc(C)c1OCc1ccccc1. The van der Waals surface area contributed by atoms with Gasteiger partial charge in [0, 0.05) is 12.6 Å². The molecule has 0 amide bonds. The van der Waals surface area contributed by atoms with Crippen molar-refractivity contribution in [2.24, 2.45) is 5.73 Å². The fourth-order valence-corrected chi connectivity index (χ4v) is 2.63. The fourth-order valence-electron chi connectivity index (χ4n) is 2.63. The maximum absolute atomic E-state index is 8.92. The topological polar surface area (TPSA) is 55.5 Å². The molecule has 0 spiro atoms. The summed E-state index contributed by atoms with van der Waals surface area (Å²) in [6.07, 6.45) is 1.52. The summed E-state index contributed by atoms with van der Waals surface area (Å²) in [6.45, 7) is 4.85. The van der Waals surface area contributed by atoms with Crippen molar-refractivity contribution in [3.05, 3.63) is 64.7 Å². The van der Waals surface area contributed by atoms with Crippen molar-refractivity contribution in [2.75, 3.05) is 6.61 Å². The Balaban J connectivity index is 2.09. The summed E-state index contributed by atoms with van der Waals surface area (Å²) < 4.78 is 5.99. The minimum absolute atomic E-state index is 0.0345. The molecule has 2 aromatic rings. The summed E-state index contributed by atoms with van der Waals surface area (Å²) in [7, 11) is 0. The molecule has 3 N–H and O–H groups in total. The first-order valence-corrected chi connectivity index (χ1v) is 7.76. The zero-order valence-corrected chi connectivity index (χ0v) is 13.4. The second-order valence-corrected chi connectivity index (χ2v) is 5.73. The second-order valence-electron chi connectivity index (χ2n) is 5.73. The van der Waals surface area contributed by atoms with E-state index in [0.717, 1.165) is 40.8 Å². The van der Waals surface area contributed by atoms with E-state index in [9.17, 15) is 0 Å². The van der Waals surface area contributed by atoms with Crippen molar-refractivity contribution in [1.82, 2.24) is 0 Å². The molecule has 0 fully saturated rings. The molecule has 0 aliphatic carbocycles. The third kappa shape index (κ3) is 4.33. The van der Waals surface area contributed by atoms with Crippen molar-refractivity contribution in [2.45, 2.75) is 39.3 Å². The number of hydrogen-bond donors (Lipinski definition) is 2. The number of aliphatic hydroxyl groups excluding tert-OH is 1. The quantitative estimate of drug-likeness (QED) is 0.820. The summed E-state index contributed by atoms with van der Waals surface area (Å²) in [5.41, 5.74) is 10.7. The lowest BCUT2D eigenvalue weighted by Gasteiger charge is -2.17. The van der Waals surface area contributed by atoms with Gasteiger partial charge in [-0.2, -0.15) is 0 Å². The molecule has 0 aliphatic heterocycles. The van der Waals surface area contributed by atoms with Gasteiger partial charge in [-0.3, -0.25) is 0 Å². The Hall–Kier alpha value is -1.84. The number of ether oxygens (including phenoxy) is 1. The number of hydrogen-bond acceptors (Lipinski definition) is 3. The molecule has 118 valence electrons. The second kappa shape index (κ2) is 7.97. The Morgan fingerprint density at radius 1 is 1.09 bits per heavy atom. The molecule has 1 atom stereocenters. The minimum atomic E-state index is -0.0345. The number of aliphatic hydroxyl groups is 1. The summed E-state index contributed by atoms with van der Waals surface area (Å²) in [6, 6.07) is 14.3. The van der Waals surface area contributed by atoms with E-state index in [2.05, 4.69) is 38.1 Å². The molecule has 0 heterocycles. The van der Waals surface area contributed by atoms with E-state index in [4.69, 9.17) is 15.6 Å². The zero-order valence-electron chi connectivity index (χ0n) is 13.4. The van der Waals surface area contributed by atoms with E-state index in [0.29, 0.717) is 6.61 Å². The van der Waals surface area contributed by atoms with Crippen LogP contribution in [0.1, 0.15) is 41.1 Å². The summed E-state index contributed by atoms with van der Waals surface area (Å²) >= 11 is 0. The first-order valence-electron chi connectivity index (χ1n) is 7.76. The van der Waals surface area contributed by atoms with Crippen molar-refractivity contribution in [3.8, 4) is 5.75 Å². The highest BCUT2D eigenvalue weighted by Gasteiger charge is 2.11. The van der Waals surface area contributed by atoms with Gasteiger partial charge in [-0.05, 0) is 48.9 Å². The predicted octanol–water partition coefficient (Wildman–Crippen LogP) is 3.65. The molecule has 3 nitrogen and oxygen atoms in total. The number of rotatable bonds is 7. The maximum atomic E-state index is 8.92. The highest BCUT2D eigenvalue weighted by atomic mass is 16.5. The van der Waals surface area contributed by atoms with Gasteiger partial charge in [0.1, 0.15) is 12.4 Å². The van der Waals surface area contributed by atoms with Crippen LogP contribution in [0.15, 0.2) is 42.5 Å². The van der Waals surface area contributed by atoms with Crippen LogP contribution in [0.3, 0.4) is 0 Å². The summed E-state index contributed by atoms with van der Waals surface area (Å²) in [5, 5.41) is 8.92. The Morgan fingerprint density at radius 2 is 1.73 bits per heavy atom.